The van der Waals surface area contributed by atoms with Crippen molar-refractivity contribution >= 4 is 0 Å². The van der Waals surface area contributed by atoms with Crippen LogP contribution in [0.25, 0.3) is 0 Å². The standard InChI is InChI=1S/C13H27NO/c1-11-6-5-7-12(10-11)14-8-9-15-13(2,3)4/h11-12,14H,5-10H2,1-4H3. The van der Waals surface area contributed by atoms with Crippen LogP contribution >= 0.6 is 0 Å². The van der Waals surface area contributed by atoms with Crippen molar-refractivity contribution in [2.45, 2.75) is 65.0 Å². The molecule has 0 spiro atoms. The summed E-state index contributed by atoms with van der Waals surface area (Å²) < 4.78 is 5.68. The molecule has 0 heterocycles. The Labute approximate surface area is 94.8 Å². The van der Waals surface area contributed by atoms with Crippen molar-refractivity contribution in [2.24, 2.45) is 5.92 Å². The molecule has 1 aliphatic carbocycles. The van der Waals surface area contributed by atoms with Crippen LogP contribution in [0.3, 0.4) is 0 Å². The zero-order chi connectivity index (χ0) is 11.3. The highest BCUT2D eigenvalue weighted by Crippen LogP contribution is 2.23. The summed E-state index contributed by atoms with van der Waals surface area (Å²) in [6.07, 6.45) is 5.49. The van der Waals surface area contributed by atoms with Crippen LogP contribution in [-0.2, 0) is 4.74 Å². The summed E-state index contributed by atoms with van der Waals surface area (Å²) >= 11 is 0. The lowest BCUT2D eigenvalue weighted by Gasteiger charge is -2.28. The first-order chi connectivity index (χ1) is 6.97. The van der Waals surface area contributed by atoms with Gasteiger partial charge in [-0.25, -0.2) is 0 Å². The summed E-state index contributed by atoms with van der Waals surface area (Å²) in [6.45, 7) is 10.5. The molecule has 1 fully saturated rings. The quantitative estimate of drug-likeness (QED) is 0.725. The van der Waals surface area contributed by atoms with E-state index in [1.54, 1.807) is 0 Å². The first-order valence-corrected chi connectivity index (χ1v) is 6.35. The molecule has 1 aliphatic rings. The molecule has 2 nitrogen and oxygen atoms in total. The Morgan fingerprint density at radius 2 is 2.00 bits per heavy atom. The minimum absolute atomic E-state index is 0.00152. The molecule has 0 aromatic heterocycles. The Hall–Kier alpha value is -0.0800. The minimum atomic E-state index is 0.00152. The van der Waals surface area contributed by atoms with E-state index < -0.39 is 0 Å². The van der Waals surface area contributed by atoms with Crippen LogP contribution in [0.4, 0.5) is 0 Å². The highest BCUT2D eigenvalue weighted by Gasteiger charge is 2.18. The molecule has 2 atom stereocenters. The summed E-state index contributed by atoms with van der Waals surface area (Å²) in [4.78, 5) is 0. The van der Waals surface area contributed by atoms with Gasteiger partial charge < -0.3 is 10.1 Å². The van der Waals surface area contributed by atoms with Crippen molar-refractivity contribution in [3.63, 3.8) is 0 Å². The fraction of sp³-hybridized carbons (Fsp3) is 1.00. The van der Waals surface area contributed by atoms with Crippen molar-refractivity contribution < 1.29 is 4.74 Å². The maximum atomic E-state index is 5.68. The smallest absolute Gasteiger partial charge is 0.0599 e. The van der Waals surface area contributed by atoms with E-state index in [1.807, 2.05) is 0 Å². The largest absolute Gasteiger partial charge is 0.375 e. The molecule has 0 aromatic carbocycles. The summed E-state index contributed by atoms with van der Waals surface area (Å²) in [5, 5.41) is 3.60. The van der Waals surface area contributed by atoms with Crippen LogP contribution in [0.15, 0.2) is 0 Å². The van der Waals surface area contributed by atoms with Gasteiger partial charge in [-0.3, -0.25) is 0 Å². The molecule has 0 saturated heterocycles. The second-order valence-corrected chi connectivity index (χ2v) is 5.88. The Morgan fingerprint density at radius 1 is 1.27 bits per heavy atom. The first kappa shape index (κ1) is 13.0. The molecule has 1 rings (SSSR count). The molecule has 0 aliphatic heterocycles. The lowest BCUT2D eigenvalue weighted by Crippen LogP contribution is -2.36. The summed E-state index contributed by atoms with van der Waals surface area (Å²) in [7, 11) is 0. The van der Waals surface area contributed by atoms with Crippen LogP contribution in [0.5, 0.6) is 0 Å². The van der Waals surface area contributed by atoms with Gasteiger partial charge in [-0.2, -0.15) is 0 Å². The zero-order valence-electron chi connectivity index (χ0n) is 10.8. The van der Waals surface area contributed by atoms with E-state index in [-0.39, 0.29) is 5.60 Å². The molecule has 1 saturated carbocycles. The van der Waals surface area contributed by atoms with Crippen molar-refractivity contribution in [3.8, 4) is 0 Å². The second-order valence-electron chi connectivity index (χ2n) is 5.88. The average molecular weight is 213 g/mol. The maximum absolute atomic E-state index is 5.68. The van der Waals surface area contributed by atoms with Gasteiger partial charge in [0.1, 0.15) is 0 Å². The fourth-order valence-corrected chi connectivity index (χ4v) is 2.24. The number of hydrogen-bond donors (Lipinski definition) is 1. The highest BCUT2D eigenvalue weighted by atomic mass is 16.5. The van der Waals surface area contributed by atoms with E-state index in [0.29, 0.717) is 0 Å². The Bertz CT molecular complexity index is 174. The molecule has 2 heteroatoms. The van der Waals surface area contributed by atoms with E-state index in [4.69, 9.17) is 4.74 Å². The van der Waals surface area contributed by atoms with Gasteiger partial charge in [-0.05, 0) is 39.5 Å². The van der Waals surface area contributed by atoms with Gasteiger partial charge >= 0.3 is 0 Å². The van der Waals surface area contributed by atoms with Crippen LogP contribution in [0, 0.1) is 5.92 Å². The predicted molar refractivity (Wildman–Crippen MR) is 65.1 cm³/mol. The average Bonchev–Trinajstić information content (AvgIpc) is 2.11. The fourth-order valence-electron chi connectivity index (χ4n) is 2.24. The summed E-state index contributed by atoms with van der Waals surface area (Å²) in [5.41, 5.74) is 0.00152. The zero-order valence-corrected chi connectivity index (χ0v) is 10.8. The van der Waals surface area contributed by atoms with E-state index in [0.717, 1.165) is 25.1 Å². The van der Waals surface area contributed by atoms with E-state index >= 15 is 0 Å². The van der Waals surface area contributed by atoms with Gasteiger partial charge in [0.15, 0.2) is 0 Å². The van der Waals surface area contributed by atoms with Gasteiger partial charge in [0, 0.05) is 12.6 Å². The summed E-state index contributed by atoms with van der Waals surface area (Å²) in [5.74, 6) is 0.903. The minimum Gasteiger partial charge on any atom is -0.375 e. The molecular weight excluding hydrogens is 186 g/mol. The number of rotatable bonds is 4. The van der Waals surface area contributed by atoms with Gasteiger partial charge in [-0.1, -0.05) is 19.8 Å². The highest BCUT2D eigenvalue weighted by molar-refractivity contribution is 4.75. The van der Waals surface area contributed by atoms with Gasteiger partial charge in [-0.15, -0.1) is 0 Å². The van der Waals surface area contributed by atoms with E-state index in [2.05, 4.69) is 33.0 Å². The molecule has 0 aromatic rings. The topological polar surface area (TPSA) is 21.3 Å². The Kier molecular flexibility index (Phi) is 5.07. The van der Waals surface area contributed by atoms with Gasteiger partial charge in [0.25, 0.3) is 0 Å². The predicted octanol–water partition coefficient (Wildman–Crippen LogP) is 2.97. The van der Waals surface area contributed by atoms with Crippen molar-refractivity contribution in [3.05, 3.63) is 0 Å². The van der Waals surface area contributed by atoms with Crippen LogP contribution in [0.2, 0.25) is 0 Å². The van der Waals surface area contributed by atoms with Crippen molar-refractivity contribution in [1.82, 2.24) is 5.32 Å². The first-order valence-electron chi connectivity index (χ1n) is 6.35. The monoisotopic (exact) mass is 213 g/mol. The third-order valence-electron chi connectivity index (χ3n) is 3.01. The molecule has 2 unspecified atom stereocenters. The Morgan fingerprint density at radius 3 is 2.60 bits per heavy atom. The molecule has 0 bridgehead atoms. The Balaban J connectivity index is 2.04. The van der Waals surface area contributed by atoms with Crippen molar-refractivity contribution in [1.29, 1.82) is 0 Å². The molecule has 0 amide bonds. The van der Waals surface area contributed by atoms with Gasteiger partial charge in [0.05, 0.1) is 12.2 Å². The van der Waals surface area contributed by atoms with E-state index in [1.165, 1.54) is 25.7 Å². The maximum Gasteiger partial charge on any atom is 0.0599 e. The molecule has 0 radical (unpaired) electrons. The number of ether oxygens (including phenoxy) is 1. The third-order valence-corrected chi connectivity index (χ3v) is 3.01. The third kappa shape index (κ3) is 6.16. The van der Waals surface area contributed by atoms with E-state index in [9.17, 15) is 0 Å². The molecule has 15 heavy (non-hydrogen) atoms. The van der Waals surface area contributed by atoms with Gasteiger partial charge in [0.2, 0.25) is 0 Å². The number of hydrogen-bond acceptors (Lipinski definition) is 2. The summed E-state index contributed by atoms with van der Waals surface area (Å²) in [6, 6.07) is 0.734. The normalized spacial score (nSPS) is 28.0. The number of nitrogens with one attached hydrogen (secondary N) is 1. The van der Waals surface area contributed by atoms with Crippen LogP contribution < -0.4 is 5.32 Å². The lowest BCUT2D eigenvalue weighted by molar-refractivity contribution is -0.00216. The van der Waals surface area contributed by atoms with Crippen LogP contribution in [0.1, 0.15) is 53.4 Å². The second kappa shape index (κ2) is 5.86. The molecule has 1 N–H and O–H groups in total. The van der Waals surface area contributed by atoms with Crippen molar-refractivity contribution in [2.75, 3.05) is 13.2 Å². The SMILES string of the molecule is CC1CCCC(NCCOC(C)(C)C)C1. The lowest BCUT2D eigenvalue weighted by atomic mass is 9.87. The van der Waals surface area contributed by atoms with Crippen LogP contribution in [-0.4, -0.2) is 24.8 Å². The molecule has 90 valence electrons. The molecular formula is C13H27NO.